The topological polar surface area (TPSA) is 132 Å². The molecule has 1 saturated carbocycles. The summed E-state index contributed by atoms with van der Waals surface area (Å²) >= 11 is 0. The van der Waals surface area contributed by atoms with Gasteiger partial charge < -0.3 is 20.4 Å². The lowest BCUT2D eigenvalue weighted by atomic mass is 9.43. The van der Waals surface area contributed by atoms with E-state index in [4.69, 9.17) is 0 Å². The fourth-order valence-corrected chi connectivity index (χ4v) is 8.45. The molecule has 0 heterocycles. The number of hydrogen-bond acceptors (Lipinski definition) is 7. The average molecular weight is 599 g/mol. The molecule has 0 saturated heterocycles. The summed E-state index contributed by atoms with van der Waals surface area (Å²) in [7, 11) is 0. The van der Waals surface area contributed by atoms with Gasteiger partial charge in [0.1, 0.15) is 22.8 Å². The molecule has 2 aromatic rings. The zero-order valence-electron chi connectivity index (χ0n) is 26.5. The minimum absolute atomic E-state index is 0.0624. The van der Waals surface area contributed by atoms with Crippen molar-refractivity contribution in [2.24, 2.45) is 22.7 Å². The number of aliphatic hydroxyl groups excluding tert-OH is 2. The van der Waals surface area contributed by atoms with E-state index in [-0.39, 0.29) is 35.6 Å². The van der Waals surface area contributed by atoms with Crippen molar-refractivity contribution >= 4 is 29.2 Å². The van der Waals surface area contributed by atoms with E-state index in [1.54, 1.807) is 26.8 Å². The van der Waals surface area contributed by atoms with Crippen molar-refractivity contribution in [3.63, 3.8) is 0 Å². The third-order valence-electron chi connectivity index (χ3n) is 10.4. The smallest absolute Gasteiger partial charge is 0.203 e. The van der Waals surface area contributed by atoms with Gasteiger partial charge in [-0.25, -0.2) is 0 Å². The average Bonchev–Trinajstić information content (AvgIpc) is 2.92. The number of phenols is 1. The number of aromatic hydroxyl groups is 1. The number of aliphatic hydroxyl groups is 3. The first-order valence-electron chi connectivity index (χ1n) is 15.3. The lowest BCUT2D eigenvalue weighted by molar-refractivity contribution is -0.178. The largest absolute Gasteiger partial charge is 0.508 e. The molecule has 0 radical (unpaired) electrons. The Kier molecular flexibility index (Phi) is 7.57. The maximum absolute atomic E-state index is 14.4. The zero-order valence-corrected chi connectivity index (χ0v) is 26.5. The number of rotatable bonds is 6. The van der Waals surface area contributed by atoms with Gasteiger partial charge in [0.25, 0.3) is 0 Å². The van der Waals surface area contributed by atoms with Crippen molar-refractivity contribution in [1.29, 1.82) is 0 Å². The van der Waals surface area contributed by atoms with E-state index in [1.807, 2.05) is 19.1 Å². The molecule has 3 aliphatic rings. The number of hydrogen-bond donors (Lipinski definition) is 4. The molecular weight excluding hydrogens is 556 g/mol. The third-order valence-corrected chi connectivity index (χ3v) is 10.4. The van der Waals surface area contributed by atoms with Gasteiger partial charge in [-0.3, -0.25) is 14.4 Å². The normalized spacial score (nSPS) is 28.4. The van der Waals surface area contributed by atoms with Crippen LogP contribution in [0.15, 0.2) is 53.3 Å². The Morgan fingerprint density at radius 2 is 1.77 bits per heavy atom. The van der Waals surface area contributed by atoms with Crippen LogP contribution in [0.3, 0.4) is 0 Å². The van der Waals surface area contributed by atoms with E-state index >= 15 is 0 Å². The first-order chi connectivity index (χ1) is 20.5. The summed E-state index contributed by atoms with van der Waals surface area (Å²) in [4.78, 5) is 40.6. The fourth-order valence-electron chi connectivity index (χ4n) is 8.45. The molecule has 4 atom stereocenters. The molecular formula is C37H42O7. The van der Waals surface area contributed by atoms with Gasteiger partial charge in [-0.05, 0) is 79.3 Å². The quantitative estimate of drug-likeness (QED) is 0.286. The van der Waals surface area contributed by atoms with Gasteiger partial charge in [0.2, 0.25) is 5.78 Å². The van der Waals surface area contributed by atoms with Gasteiger partial charge in [-0.2, -0.15) is 0 Å². The second-order valence-electron chi connectivity index (χ2n) is 13.7. The Morgan fingerprint density at radius 1 is 1.09 bits per heavy atom. The standard InChI is InChI=1S/C37H42O7/c1-8-23-16-22(13-12-20(23)4)10-9-11-24-14-15-26(39)28-25(24)17-35(6)18-36(7)29(19(2)3)31(40)27(21(5)38)33(42)37(36,44)34(43)30(35)32(28)41/h9,11-16,19,29,39,41-42,44H,8,10,17-18H2,1-7H3/b11-9-/t29?,35-,36-,37+/m1/s1. The molecule has 3 aliphatic carbocycles. The van der Waals surface area contributed by atoms with Crippen molar-refractivity contribution in [3.8, 4) is 5.75 Å². The lowest BCUT2D eigenvalue weighted by Gasteiger charge is -2.59. The van der Waals surface area contributed by atoms with E-state index < -0.39 is 56.8 Å². The van der Waals surface area contributed by atoms with E-state index in [1.165, 1.54) is 17.2 Å². The summed E-state index contributed by atoms with van der Waals surface area (Å²) in [6, 6.07) is 9.65. The number of carbonyl (C=O) groups excluding carboxylic acids is 3. The summed E-state index contributed by atoms with van der Waals surface area (Å²) < 4.78 is 0. The van der Waals surface area contributed by atoms with Crippen LogP contribution in [0.25, 0.3) is 11.8 Å². The molecule has 7 heteroatoms. The highest BCUT2D eigenvalue weighted by Crippen LogP contribution is 2.65. The summed E-state index contributed by atoms with van der Waals surface area (Å²) in [6.07, 6.45) is 5.90. The predicted molar refractivity (Wildman–Crippen MR) is 169 cm³/mol. The third kappa shape index (κ3) is 4.31. The fraction of sp³-hybridized carbons (Fsp3) is 0.432. The van der Waals surface area contributed by atoms with E-state index in [0.29, 0.717) is 12.0 Å². The predicted octanol–water partition coefficient (Wildman–Crippen LogP) is 6.32. The van der Waals surface area contributed by atoms with Crippen molar-refractivity contribution in [3.05, 3.63) is 86.7 Å². The minimum Gasteiger partial charge on any atom is -0.508 e. The molecule has 232 valence electrons. The summed E-state index contributed by atoms with van der Waals surface area (Å²) in [5.74, 6) is -5.26. The molecule has 0 bridgehead atoms. The molecule has 0 amide bonds. The summed E-state index contributed by atoms with van der Waals surface area (Å²) in [5.41, 5.74) is -0.622. The maximum atomic E-state index is 14.4. The van der Waals surface area contributed by atoms with Gasteiger partial charge in [-0.15, -0.1) is 0 Å². The highest BCUT2D eigenvalue weighted by molar-refractivity contribution is 6.24. The highest BCUT2D eigenvalue weighted by atomic mass is 16.3. The number of Topliss-reactive ketones (excluding diaryl/α,β-unsaturated/α-hetero) is 3. The van der Waals surface area contributed by atoms with E-state index in [2.05, 4.69) is 32.0 Å². The monoisotopic (exact) mass is 598 g/mol. The van der Waals surface area contributed by atoms with Crippen LogP contribution in [0.5, 0.6) is 5.75 Å². The van der Waals surface area contributed by atoms with Crippen molar-refractivity contribution in [2.45, 2.75) is 79.8 Å². The molecule has 5 rings (SSSR count). The van der Waals surface area contributed by atoms with Crippen molar-refractivity contribution in [1.82, 2.24) is 0 Å². The Balaban J connectivity index is 1.66. The first-order valence-corrected chi connectivity index (χ1v) is 15.3. The van der Waals surface area contributed by atoms with Gasteiger partial charge in [0.15, 0.2) is 17.2 Å². The Hall–Kier alpha value is -3.97. The number of carbonyl (C=O) groups is 3. The molecule has 4 N–H and O–H groups in total. The van der Waals surface area contributed by atoms with Crippen molar-refractivity contribution in [2.75, 3.05) is 0 Å². The van der Waals surface area contributed by atoms with Gasteiger partial charge in [-0.1, -0.05) is 71.0 Å². The zero-order chi connectivity index (χ0) is 32.5. The Bertz CT molecular complexity index is 1710. The van der Waals surface area contributed by atoms with Crippen LogP contribution < -0.4 is 0 Å². The summed E-state index contributed by atoms with van der Waals surface area (Å²) in [6.45, 7) is 12.3. The van der Waals surface area contributed by atoms with Crippen LogP contribution in [0.1, 0.15) is 81.3 Å². The van der Waals surface area contributed by atoms with E-state index in [0.717, 1.165) is 24.5 Å². The molecule has 0 spiro atoms. The van der Waals surface area contributed by atoms with Gasteiger partial charge >= 0.3 is 0 Å². The van der Waals surface area contributed by atoms with Gasteiger partial charge in [0.05, 0.1) is 5.56 Å². The second-order valence-corrected chi connectivity index (χ2v) is 13.7. The SMILES string of the molecule is CCc1cc(C/C=C\c2ccc(O)c3c2C[C@]2(C)C[C@]4(C)C(C(C)C)C(=O)C(C(C)=O)=C(O)[C@]4(O)C(=O)C2=C3O)ccc1C. The number of benzene rings is 2. The lowest BCUT2D eigenvalue weighted by Crippen LogP contribution is -2.69. The maximum Gasteiger partial charge on any atom is 0.203 e. The molecule has 1 fully saturated rings. The number of allylic oxidation sites excluding steroid dienone is 2. The molecule has 1 unspecified atom stereocenters. The molecule has 44 heavy (non-hydrogen) atoms. The molecule has 0 aromatic heterocycles. The Morgan fingerprint density at radius 3 is 2.39 bits per heavy atom. The van der Waals surface area contributed by atoms with Crippen LogP contribution in [0.2, 0.25) is 0 Å². The highest BCUT2D eigenvalue weighted by Gasteiger charge is 2.72. The minimum atomic E-state index is -2.62. The Labute approximate surface area is 258 Å². The van der Waals surface area contributed by atoms with Crippen LogP contribution in [0, 0.1) is 29.6 Å². The number of aryl methyl sites for hydroxylation is 2. The number of phenolic OH excluding ortho intramolecular Hbond substituents is 1. The summed E-state index contributed by atoms with van der Waals surface area (Å²) in [5, 5.41) is 46.1. The molecule has 0 aliphatic heterocycles. The van der Waals surface area contributed by atoms with Gasteiger partial charge in [0, 0.05) is 22.3 Å². The number of fused-ring (bicyclic) bond motifs is 3. The first kappa shape index (κ1) is 31.5. The van der Waals surface area contributed by atoms with E-state index in [9.17, 15) is 34.8 Å². The second kappa shape index (κ2) is 10.6. The van der Waals surface area contributed by atoms with Crippen molar-refractivity contribution < 1.29 is 34.8 Å². The number of ketones is 3. The molecule has 7 nitrogen and oxygen atoms in total. The van der Waals surface area contributed by atoms with Crippen LogP contribution >= 0.6 is 0 Å². The van der Waals surface area contributed by atoms with Crippen LogP contribution in [0.4, 0.5) is 0 Å². The van der Waals surface area contributed by atoms with Crippen LogP contribution in [-0.2, 0) is 33.6 Å². The van der Waals surface area contributed by atoms with Crippen LogP contribution in [-0.4, -0.2) is 43.4 Å². The molecule has 2 aromatic carbocycles.